The van der Waals surface area contributed by atoms with Crippen molar-refractivity contribution in [1.82, 2.24) is 19.9 Å². The predicted molar refractivity (Wildman–Crippen MR) is 121 cm³/mol. The van der Waals surface area contributed by atoms with Crippen LogP contribution in [0.15, 0.2) is 47.0 Å². The van der Waals surface area contributed by atoms with E-state index in [1.165, 1.54) is 17.7 Å². The summed E-state index contributed by atoms with van der Waals surface area (Å²) in [7, 11) is 0. The quantitative estimate of drug-likeness (QED) is 0.578. The Hall–Kier alpha value is -2.81. The molecule has 0 saturated carbocycles. The summed E-state index contributed by atoms with van der Waals surface area (Å²) in [5.74, 6) is 0.439. The monoisotopic (exact) mass is 457 g/mol. The number of piperazine rings is 1. The maximum atomic E-state index is 13.8. The fourth-order valence-corrected chi connectivity index (χ4v) is 3.72. The minimum Gasteiger partial charge on any atom is -0.338 e. The summed E-state index contributed by atoms with van der Waals surface area (Å²) < 4.78 is 19.2. The van der Waals surface area contributed by atoms with Crippen LogP contribution in [0, 0.1) is 12.7 Å². The van der Waals surface area contributed by atoms with E-state index >= 15 is 0 Å². The fraction of sp³-hybridized carbons (Fsp3) is 0.348. The molecule has 1 N–H and O–H groups in total. The van der Waals surface area contributed by atoms with E-state index in [9.17, 15) is 9.18 Å². The van der Waals surface area contributed by atoms with Gasteiger partial charge in [0.2, 0.25) is 17.6 Å². The number of rotatable bonds is 7. The fourth-order valence-electron chi connectivity index (χ4n) is 3.56. The molecule has 1 amide bonds. The van der Waals surface area contributed by atoms with Gasteiger partial charge in [0.25, 0.3) is 0 Å². The minimum atomic E-state index is -0.536. The number of carbonyl (C=O) groups is 1. The van der Waals surface area contributed by atoms with Crippen LogP contribution in [0.5, 0.6) is 0 Å². The van der Waals surface area contributed by atoms with Crippen LogP contribution in [0.2, 0.25) is 5.02 Å². The van der Waals surface area contributed by atoms with Crippen LogP contribution in [0.3, 0.4) is 0 Å². The molecule has 1 saturated heterocycles. The van der Waals surface area contributed by atoms with Crippen molar-refractivity contribution >= 4 is 23.2 Å². The van der Waals surface area contributed by atoms with Crippen LogP contribution in [0.1, 0.15) is 17.9 Å². The predicted octanol–water partition coefficient (Wildman–Crippen LogP) is 3.98. The van der Waals surface area contributed by atoms with Crippen molar-refractivity contribution in [1.29, 1.82) is 0 Å². The third kappa shape index (κ3) is 5.91. The van der Waals surface area contributed by atoms with Gasteiger partial charge in [0.15, 0.2) is 0 Å². The first-order chi connectivity index (χ1) is 15.5. The van der Waals surface area contributed by atoms with E-state index in [-0.39, 0.29) is 11.6 Å². The Balaban J connectivity index is 1.20. The number of hydrogen-bond acceptors (Lipinski definition) is 6. The van der Waals surface area contributed by atoms with Crippen LogP contribution in [-0.4, -0.2) is 58.6 Å². The van der Waals surface area contributed by atoms with Crippen molar-refractivity contribution in [3.8, 4) is 11.4 Å². The molecule has 0 unspecified atom stereocenters. The van der Waals surface area contributed by atoms with Crippen molar-refractivity contribution in [2.45, 2.75) is 19.9 Å². The van der Waals surface area contributed by atoms with Crippen LogP contribution in [0.4, 0.5) is 10.1 Å². The summed E-state index contributed by atoms with van der Waals surface area (Å²) in [6, 6.07) is 12.2. The molecular formula is C23H25ClFN5O2. The van der Waals surface area contributed by atoms with E-state index in [4.69, 9.17) is 16.1 Å². The first kappa shape index (κ1) is 22.4. The van der Waals surface area contributed by atoms with Gasteiger partial charge in [0.05, 0.1) is 12.2 Å². The van der Waals surface area contributed by atoms with Gasteiger partial charge in [-0.25, -0.2) is 4.39 Å². The molecule has 2 heterocycles. The first-order valence-electron chi connectivity index (χ1n) is 10.6. The molecule has 3 aromatic rings. The smallest absolute Gasteiger partial charge is 0.241 e. The maximum absolute atomic E-state index is 13.8. The number of nitrogens with zero attached hydrogens (tertiary/aromatic N) is 4. The molecule has 1 aromatic heterocycles. The first-order valence-corrected chi connectivity index (χ1v) is 10.9. The number of amides is 1. The summed E-state index contributed by atoms with van der Waals surface area (Å²) in [5, 5.41) is 6.99. The van der Waals surface area contributed by atoms with Crippen LogP contribution in [-0.2, 0) is 11.3 Å². The lowest BCUT2D eigenvalue weighted by Crippen LogP contribution is -2.46. The van der Waals surface area contributed by atoms with Crippen molar-refractivity contribution in [3.05, 3.63) is 64.8 Å². The highest BCUT2D eigenvalue weighted by Gasteiger charge is 2.20. The second kappa shape index (κ2) is 10.2. The lowest BCUT2D eigenvalue weighted by atomic mass is 10.1. The van der Waals surface area contributed by atoms with Gasteiger partial charge in [-0.05, 0) is 25.1 Å². The van der Waals surface area contributed by atoms with Crippen LogP contribution >= 0.6 is 11.6 Å². The lowest BCUT2D eigenvalue weighted by molar-refractivity contribution is -0.116. The Labute approximate surface area is 191 Å². The zero-order valence-electron chi connectivity index (χ0n) is 17.9. The van der Waals surface area contributed by atoms with Gasteiger partial charge in [0.1, 0.15) is 5.82 Å². The van der Waals surface area contributed by atoms with E-state index in [0.717, 1.165) is 31.7 Å². The van der Waals surface area contributed by atoms with E-state index in [1.54, 1.807) is 6.07 Å². The molecule has 0 aliphatic carbocycles. The van der Waals surface area contributed by atoms with Crippen LogP contribution in [0.25, 0.3) is 11.4 Å². The highest BCUT2D eigenvalue weighted by molar-refractivity contribution is 6.30. The number of nitrogens with one attached hydrogen (secondary N) is 1. The minimum absolute atomic E-state index is 0.147. The molecule has 0 atom stereocenters. The Kier molecular flexibility index (Phi) is 7.14. The van der Waals surface area contributed by atoms with Gasteiger partial charge in [-0.1, -0.05) is 46.6 Å². The lowest BCUT2D eigenvalue weighted by Gasteiger charge is -2.33. The molecular weight excluding hydrogens is 433 g/mol. The number of aromatic nitrogens is 2. The summed E-state index contributed by atoms with van der Waals surface area (Å²) in [5.41, 5.74) is 2.27. The molecule has 1 aliphatic rings. The SMILES string of the molecule is Cc1ccc(-c2noc(CN3CCN(CCC(=O)Nc4ccc(Cl)cc4F)CC3)n2)cc1. The van der Waals surface area contributed by atoms with Gasteiger partial charge in [-0.3, -0.25) is 9.69 Å². The number of carbonyl (C=O) groups excluding carboxylic acids is 1. The van der Waals surface area contributed by atoms with Gasteiger partial charge in [-0.2, -0.15) is 4.98 Å². The number of hydrogen-bond donors (Lipinski definition) is 1. The summed E-state index contributed by atoms with van der Waals surface area (Å²) in [4.78, 5) is 21.1. The van der Waals surface area contributed by atoms with E-state index in [1.807, 2.05) is 31.2 Å². The number of anilines is 1. The summed E-state index contributed by atoms with van der Waals surface area (Å²) in [6.07, 6.45) is 0.297. The van der Waals surface area contributed by atoms with Crippen molar-refractivity contribution in [3.63, 3.8) is 0 Å². The molecule has 32 heavy (non-hydrogen) atoms. The van der Waals surface area contributed by atoms with Crippen molar-refractivity contribution in [2.75, 3.05) is 38.0 Å². The number of halogens is 2. The van der Waals surface area contributed by atoms with Gasteiger partial charge < -0.3 is 14.7 Å². The molecule has 1 fully saturated rings. The molecule has 0 radical (unpaired) electrons. The number of aryl methyl sites for hydroxylation is 1. The Morgan fingerprint density at radius 3 is 2.56 bits per heavy atom. The molecule has 4 rings (SSSR count). The van der Waals surface area contributed by atoms with Gasteiger partial charge in [-0.15, -0.1) is 0 Å². The van der Waals surface area contributed by atoms with E-state index in [0.29, 0.717) is 36.2 Å². The van der Waals surface area contributed by atoms with Gasteiger partial charge >= 0.3 is 0 Å². The van der Waals surface area contributed by atoms with E-state index in [2.05, 4.69) is 25.3 Å². The maximum Gasteiger partial charge on any atom is 0.241 e. The zero-order valence-corrected chi connectivity index (χ0v) is 18.6. The molecule has 7 nitrogen and oxygen atoms in total. The highest BCUT2D eigenvalue weighted by Crippen LogP contribution is 2.19. The Morgan fingerprint density at radius 2 is 1.84 bits per heavy atom. The summed E-state index contributed by atoms with van der Waals surface area (Å²) in [6.45, 7) is 6.61. The average molecular weight is 458 g/mol. The van der Waals surface area contributed by atoms with Crippen molar-refractivity contribution in [2.24, 2.45) is 0 Å². The highest BCUT2D eigenvalue weighted by atomic mass is 35.5. The van der Waals surface area contributed by atoms with Crippen molar-refractivity contribution < 1.29 is 13.7 Å². The number of benzene rings is 2. The zero-order chi connectivity index (χ0) is 22.5. The Bertz CT molecular complexity index is 1060. The topological polar surface area (TPSA) is 74.5 Å². The van der Waals surface area contributed by atoms with Gasteiger partial charge in [0, 0.05) is 49.7 Å². The second-order valence-corrected chi connectivity index (χ2v) is 8.35. The second-order valence-electron chi connectivity index (χ2n) is 7.92. The van der Waals surface area contributed by atoms with E-state index < -0.39 is 5.82 Å². The normalized spacial score (nSPS) is 15.1. The third-order valence-corrected chi connectivity index (χ3v) is 5.70. The van der Waals surface area contributed by atoms with Crippen LogP contribution < -0.4 is 5.32 Å². The standard InChI is InChI=1S/C23H25ClFN5O2/c1-16-2-4-17(5-3-16)23-27-22(32-28-23)15-30-12-10-29(11-13-30)9-8-21(31)26-20-7-6-18(24)14-19(20)25/h2-7,14H,8-13,15H2,1H3,(H,26,31). The molecule has 9 heteroatoms. The molecule has 1 aliphatic heterocycles. The molecule has 168 valence electrons. The molecule has 0 spiro atoms. The molecule has 2 aromatic carbocycles. The average Bonchev–Trinajstić information content (AvgIpc) is 3.24. The molecule has 0 bridgehead atoms. The summed E-state index contributed by atoms with van der Waals surface area (Å²) >= 11 is 5.74. The largest absolute Gasteiger partial charge is 0.338 e. The third-order valence-electron chi connectivity index (χ3n) is 5.46. The Morgan fingerprint density at radius 1 is 1.12 bits per heavy atom.